The Balaban J connectivity index is 1.26. The highest BCUT2D eigenvalue weighted by atomic mass is 35.5. The van der Waals surface area contributed by atoms with Crippen molar-refractivity contribution in [2.45, 2.75) is 41.8 Å². The summed E-state index contributed by atoms with van der Waals surface area (Å²) in [7, 11) is 1.85. The number of nitrogens with two attached hydrogens (primary N) is 1. The monoisotopic (exact) mass is 483 g/mol. The maximum Gasteiger partial charge on any atom is 0.135 e. The fourth-order valence-electron chi connectivity index (χ4n) is 4.44. The Morgan fingerprint density at radius 2 is 2.00 bits per heavy atom. The zero-order valence-corrected chi connectivity index (χ0v) is 20.2. The molecule has 0 amide bonds. The minimum absolute atomic E-state index is 0.0952. The quantitative estimate of drug-likeness (QED) is 0.573. The summed E-state index contributed by atoms with van der Waals surface area (Å²) >= 11 is 8.10. The first-order chi connectivity index (χ1) is 15.9. The van der Waals surface area contributed by atoms with Gasteiger partial charge in [0.2, 0.25) is 0 Å². The highest BCUT2D eigenvalue weighted by Gasteiger charge is 2.47. The third kappa shape index (κ3) is 4.49. The van der Waals surface area contributed by atoms with Gasteiger partial charge in [-0.05, 0) is 49.8 Å². The summed E-state index contributed by atoms with van der Waals surface area (Å²) in [5, 5.41) is 12.7. The van der Waals surface area contributed by atoms with E-state index in [1.165, 1.54) is 11.8 Å². The van der Waals surface area contributed by atoms with Crippen LogP contribution < -0.4 is 10.7 Å². The van der Waals surface area contributed by atoms with Crippen molar-refractivity contribution in [1.29, 1.82) is 0 Å². The van der Waals surface area contributed by atoms with Crippen LogP contribution in [0.4, 0.5) is 0 Å². The number of halogens is 1. The van der Waals surface area contributed by atoms with Crippen LogP contribution in [0.25, 0.3) is 0 Å². The fourth-order valence-corrected chi connectivity index (χ4v) is 5.51. The molecule has 2 aliphatic rings. The number of nitrogens with zero attached hydrogens (tertiary/aromatic N) is 6. The number of aromatic nitrogens is 5. The van der Waals surface area contributed by atoms with Crippen molar-refractivity contribution in [2.24, 2.45) is 18.2 Å². The third-order valence-electron chi connectivity index (χ3n) is 6.51. The smallest absolute Gasteiger partial charge is 0.135 e. The van der Waals surface area contributed by atoms with E-state index in [1.807, 2.05) is 42.4 Å². The number of aryl methyl sites for hydroxylation is 1. The van der Waals surface area contributed by atoms with Gasteiger partial charge < -0.3 is 10.5 Å². The van der Waals surface area contributed by atoms with Gasteiger partial charge in [-0.3, -0.25) is 9.69 Å². The van der Waals surface area contributed by atoms with E-state index in [4.69, 9.17) is 27.2 Å². The lowest BCUT2D eigenvalue weighted by atomic mass is 9.74. The molecule has 3 aromatic heterocycles. The van der Waals surface area contributed by atoms with Gasteiger partial charge in [0.05, 0.1) is 17.7 Å². The molecule has 33 heavy (non-hydrogen) atoms. The van der Waals surface area contributed by atoms with E-state index in [0.717, 1.165) is 42.5 Å². The minimum atomic E-state index is 0.0952. The van der Waals surface area contributed by atoms with Gasteiger partial charge in [0.25, 0.3) is 0 Å². The van der Waals surface area contributed by atoms with Crippen LogP contribution in [0.5, 0.6) is 0 Å². The Labute approximate surface area is 202 Å². The molecule has 2 fully saturated rings. The number of piperidine rings is 1. The van der Waals surface area contributed by atoms with Gasteiger partial charge in [-0.2, -0.15) is 9.89 Å². The molecule has 5 rings (SSSR count). The van der Waals surface area contributed by atoms with Crippen molar-refractivity contribution >= 4 is 23.4 Å². The highest BCUT2D eigenvalue weighted by molar-refractivity contribution is 7.99. The number of rotatable bonds is 3. The van der Waals surface area contributed by atoms with Gasteiger partial charge in [-0.25, -0.2) is 4.98 Å². The number of hydrogen-bond donors (Lipinski definition) is 1. The largest absolute Gasteiger partial charge is 0.376 e. The molecule has 2 aliphatic heterocycles. The summed E-state index contributed by atoms with van der Waals surface area (Å²) in [5.74, 6) is 6.02. The molecule has 2 saturated heterocycles. The topological polar surface area (TPSA) is 87.0 Å². The van der Waals surface area contributed by atoms with E-state index < -0.39 is 0 Å². The first kappa shape index (κ1) is 22.3. The molecule has 0 saturated carbocycles. The molecular weight excluding hydrogens is 458 g/mol. The van der Waals surface area contributed by atoms with Crippen molar-refractivity contribution in [3.63, 3.8) is 0 Å². The second-order valence-corrected chi connectivity index (χ2v) is 10.1. The zero-order chi connectivity index (χ0) is 23.0. The van der Waals surface area contributed by atoms with E-state index in [9.17, 15) is 0 Å². The lowest BCUT2D eigenvalue weighted by Gasteiger charge is -2.41. The van der Waals surface area contributed by atoms with Crippen LogP contribution in [0.2, 0.25) is 5.02 Å². The van der Waals surface area contributed by atoms with Crippen LogP contribution in [0.3, 0.4) is 0 Å². The average Bonchev–Trinajstić information content (AvgIpc) is 3.52. The lowest BCUT2D eigenvalue weighted by Crippen LogP contribution is -2.53. The van der Waals surface area contributed by atoms with E-state index in [-0.39, 0.29) is 17.6 Å². The Morgan fingerprint density at radius 1 is 1.18 bits per heavy atom. The molecule has 172 valence electrons. The molecule has 0 unspecified atom stereocenters. The van der Waals surface area contributed by atoms with Crippen LogP contribution in [0.15, 0.2) is 46.7 Å². The van der Waals surface area contributed by atoms with E-state index in [0.29, 0.717) is 16.4 Å². The number of hydrogen-bond acceptors (Lipinski definition) is 7. The SMILES string of the molecule is C[C@@H]1OCC2(CCN(n3ccc(Sc4ccnc(C#Cc5ccn(C)n5)c4Cl)n3)CC2)[C@@H]1N. The van der Waals surface area contributed by atoms with Gasteiger partial charge in [-0.15, -0.1) is 5.10 Å². The van der Waals surface area contributed by atoms with Crippen molar-refractivity contribution in [1.82, 2.24) is 24.7 Å². The predicted molar refractivity (Wildman–Crippen MR) is 128 cm³/mol. The first-order valence-corrected chi connectivity index (χ1v) is 12.2. The molecule has 10 heteroatoms. The molecule has 2 N–H and O–H groups in total. The number of ether oxygens (including phenoxy) is 1. The van der Waals surface area contributed by atoms with Crippen molar-refractivity contribution in [2.75, 3.05) is 24.7 Å². The third-order valence-corrected chi connectivity index (χ3v) is 8.00. The maximum absolute atomic E-state index is 6.60. The van der Waals surface area contributed by atoms with Crippen LogP contribution in [0, 0.1) is 17.3 Å². The molecular formula is C23H26ClN7OS. The van der Waals surface area contributed by atoms with E-state index in [2.05, 4.69) is 33.9 Å². The zero-order valence-electron chi connectivity index (χ0n) is 18.6. The molecule has 1 spiro atoms. The summed E-state index contributed by atoms with van der Waals surface area (Å²) in [6.45, 7) is 4.63. The van der Waals surface area contributed by atoms with Gasteiger partial charge in [-0.1, -0.05) is 23.4 Å². The maximum atomic E-state index is 6.60. The summed E-state index contributed by atoms with van der Waals surface area (Å²) in [6.07, 6.45) is 7.70. The summed E-state index contributed by atoms with van der Waals surface area (Å²) < 4.78 is 7.54. The van der Waals surface area contributed by atoms with Gasteiger partial charge in [0.1, 0.15) is 16.4 Å². The standard InChI is InChI=1S/C23H26ClN7OS/c1-16-22(25)23(15-32-16)8-13-30(14-9-23)31-12-7-20(28-31)33-19-5-10-26-18(21(19)24)4-3-17-6-11-29(2)27-17/h5-7,10-12,16,22H,8-9,13-15,25H2,1-2H3/t16-,22+/m0/s1. The first-order valence-electron chi connectivity index (χ1n) is 11.0. The molecule has 0 aromatic carbocycles. The normalized spacial score (nSPS) is 21.9. The molecule has 8 nitrogen and oxygen atoms in total. The highest BCUT2D eigenvalue weighted by Crippen LogP contribution is 2.41. The summed E-state index contributed by atoms with van der Waals surface area (Å²) in [4.78, 5) is 7.11. The second kappa shape index (κ2) is 9.03. The van der Waals surface area contributed by atoms with E-state index >= 15 is 0 Å². The fraction of sp³-hybridized carbons (Fsp3) is 0.435. The van der Waals surface area contributed by atoms with Gasteiger partial charge >= 0.3 is 0 Å². The summed E-state index contributed by atoms with van der Waals surface area (Å²) in [6, 6.07) is 5.83. The van der Waals surface area contributed by atoms with Crippen molar-refractivity contribution < 1.29 is 4.74 Å². The molecule has 0 bridgehead atoms. The number of pyridine rings is 1. The van der Waals surface area contributed by atoms with Crippen LogP contribution in [0.1, 0.15) is 31.2 Å². The molecule has 3 aromatic rings. The Bertz CT molecular complexity index is 1200. The summed E-state index contributed by atoms with van der Waals surface area (Å²) in [5.41, 5.74) is 7.74. The van der Waals surface area contributed by atoms with E-state index in [1.54, 1.807) is 10.9 Å². The average molecular weight is 484 g/mol. The molecule has 0 radical (unpaired) electrons. The molecule has 5 heterocycles. The Hall–Kier alpha value is -2.51. The van der Waals surface area contributed by atoms with Crippen LogP contribution in [-0.2, 0) is 11.8 Å². The van der Waals surface area contributed by atoms with Gasteiger partial charge in [0.15, 0.2) is 0 Å². The molecule has 2 atom stereocenters. The molecule has 0 aliphatic carbocycles. The second-order valence-electron chi connectivity index (χ2n) is 8.63. The van der Waals surface area contributed by atoms with Gasteiger partial charge in [0, 0.05) is 55.1 Å². The van der Waals surface area contributed by atoms with Crippen LogP contribution in [-0.4, -0.2) is 56.5 Å². The van der Waals surface area contributed by atoms with Crippen LogP contribution >= 0.6 is 23.4 Å². The predicted octanol–water partition coefficient (Wildman–Crippen LogP) is 2.68. The lowest BCUT2D eigenvalue weighted by molar-refractivity contribution is 0.0951. The van der Waals surface area contributed by atoms with Crippen molar-refractivity contribution in [3.05, 3.63) is 53.2 Å². The minimum Gasteiger partial charge on any atom is -0.376 e. The van der Waals surface area contributed by atoms with Crippen molar-refractivity contribution in [3.8, 4) is 11.8 Å². The Morgan fingerprint density at radius 3 is 2.70 bits per heavy atom. The Kier molecular flexibility index (Phi) is 6.10.